The Kier molecular flexibility index (Phi) is 3.92. The molecule has 3 nitrogen and oxygen atoms in total. The van der Waals surface area contributed by atoms with Crippen LogP contribution in [0.15, 0.2) is 24.3 Å². The third-order valence-corrected chi connectivity index (χ3v) is 2.96. The number of rotatable bonds is 4. The number of sulfonamides is 1. The van der Waals surface area contributed by atoms with E-state index in [1.54, 1.807) is 16.9 Å². The van der Waals surface area contributed by atoms with Gasteiger partial charge in [0.2, 0.25) is 0 Å². The van der Waals surface area contributed by atoms with Crippen molar-refractivity contribution in [1.82, 2.24) is 0 Å². The maximum absolute atomic E-state index is 12.0. The molecule has 0 aliphatic heterocycles. The zero-order chi connectivity index (χ0) is 11.5. The molecule has 0 bridgehead atoms. The fraction of sp³-hybridized carbons (Fsp3) is 0.250. The maximum atomic E-state index is 12.0. The van der Waals surface area contributed by atoms with Gasteiger partial charge in [-0.15, -0.1) is 0 Å². The van der Waals surface area contributed by atoms with Crippen LogP contribution in [0.3, 0.4) is 0 Å². The second-order valence-corrected chi connectivity index (χ2v) is 4.73. The van der Waals surface area contributed by atoms with Gasteiger partial charge in [-0.3, -0.25) is 4.72 Å². The van der Waals surface area contributed by atoms with E-state index >= 15 is 0 Å². The molecule has 84 valence electrons. The molecule has 1 aromatic carbocycles. The Morgan fingerprint density at radius 2 is 2.07 bits per heavy atom. The summed E-state index contributed by atoms with van der Waals surface area (Å²) in [5.74, 6) is -3.03. The van der Waals surface area contributed by atoms with Gasteiger partial charge in [0.25, 0.3) is 10.0 Å². The molecule has 15 heavy (non-hydrogen) atoms. The van der Waals surface area contributed by atoms with Gasteiger partial charge in [-0.25, -0.2) is 8.42 Å². The first-order valence-electron chi connectivity index (χ1n) is 3.95. The van der Waals surface area contributed by atoms with Crippen LogP contribution < -0.4 is 4.72 Å². The molecule has 0 heterocycles. The van der Waals surface area contributed by atoms with Crippen LogP contribution in [0.4, 0.5) is 14.5 Å². The lowest BCUT2D eigenvalue weighted by Gasteiger charge is -2.07. The summed E-state index contributed by atoms with van der Waals surface area (Å²) < 4.78 is 47.4. The topological polar surface area (TPSA) is 46.2 Å². The predicted molar refractivity (Wildman–Crippen MR) is 57.7 cm³/mol. The molecule has 0 saturated carbocycles. The minimum atomic E-state index is -4.58. The lowest BCUT2D eigenvalue weighted by atomic mass is 10.2. The van der Waals surface area contributed by atoms with Crippen LogP contribution in [0.5, 0.6) is 0 Å². The first-order valence-corrected chi connectivity index (χ1v) is 6.13. The van der Waals surface area contributed by atoms with Crippen LogP contribution in [-0.2, 0) is 15.8 Å². The Morgan fingerprint density at radius 1 is 1.40 bits per heavy atom. The van der Waals surface area contributed by atoms with Crippen molar-refractivity contribution in [2.24, 2.45) is 0 Å². The molecule has 0 radical (unpaired) electrons. The lowest BCUT2D eigenvalue weighted by Crippen LogP contribution is -2.20. The molecule has 0 atom stereocenters. The number of halogens is 2. The average Bonchev–Trinajstić information content (AvgIpc) is 2.17. The Bertz CT molecular complexity index is 434. The second-order valence-electron chi connectivity index (χ2n) is 2.77. The van der Waals surface area contributed by atoms with Crippen LogP contribution in [-0.4, -0.2) is 14.2 Å². The van der Waals surface area contributed by atoms with Crippen molar-refractivity contribution in [2.45, 2.75) is 11.5 Å². The van der Waals surface area contributed by atoms with E-state index in [1.807, 2.05) is 0 Å². The third kappa shape index (κ3) is 3.35. The largest absolute Gasteiger partial charge is 0.355 e. The number of hydrogen-bond acceptors (Lipinski definition) is 3. The molecule has 0 aromatic heterocycles. The molecule has 0 amide bonds. The zero-order valence-electron chi connectivity index (χ0n) is 7.52. The van der Waals surface area contributed by atoms with Gasteiger partial charge >= 0.3 is 5.76 Å². The minimum Gasteiger partial charge on any atom is -0.279 e. The molecule has 1 N–H and O–H groups in total. The summed E-state index contributed by atoms with van der Waals surface area (Å²) in [5.41, 5.74) is 0.856. The normalized spacial score (nSPS) is 11.7. The molecular formula is C8H9F2NO2S2. The van der Waals surface area contributed by atoms with E-state index < -0.39 is 15.8 Å². The molecule has 0 unspecified atom stereocenters. The Balaban J connectivity index is 2.90. The zero-order valence-corrected chi connectivity index (χ0v) is 9.23. The summed E-state index contributed by atoms with van der Waals surface area (Å²) in [6.45, 7) is 0. The molecule has 1 aromatic rings. The first kappa shape index (κ1) is 12.3. The highest BCUT2D eigenvalue weighted by molar-refractivity contribution is 7.93. The van der Waals surface area contributed by atoms with Crippen molar-refractivity contribution in [3.8, 4) is 0 Å². The second kappa shape index (κ2) is 4.80. The summed E-state index contributed by atoms with van der Waals surface area (Å²) in [5, 5.41) is 0. The summed E-state index contributed by atoms with van der Waals surface area (Å²) in [7, 11) is -4.58. The van der Waals surface area contributed by atoms with Crippen LogP contribution in [0.25, 0.3) is 0 Å². The van der Waals surface area contributed by atoms with Gasteiger partial charge < -0.3 is 0 Å². The summed E-state index contributed by atoms with van der Waals surface area (Å²) in [4.78, 5) is 0. The van der Waals surface area contributed by atoms with Gasteiger partial charge in [0.1, 0.15) is 0 Å². The molecule has 1 rings (SSSR count). The van der Waals surface area contributed by atoms with E-state index in [-0.39, 0.29) is 5.69 Å². The number of alkyl halides is 2. The van der Waals surface area contributed by atoms with Crippen LogP contribution in [0.2, 0.25) is 0 Å². The summed E-state index contributed by atoms with van der Waals surface area (Å²) >= 11 is 3.98. The molecule has 7 heteroatoms. The quantitative estimate of drug-likeness (QED) is 0.807. The number of thiol groups is 1. The maximum Gasteiger partial charge on any atom is 0.355 e. The predicted octanol–water partition coefficient (Wildman–Crippen LogP) is 2.08. The van der Waals surface area contributed by atoms with Crippen molar-refractivity contribution >= 4 is 28.3 Å². The Hall–Kier alpha value is -0.820. The highest BCUT2D eigenvalue weighted by Gasteiger charge is 2.23. The molecule has 0 aliphatic rings. The summed E-state index contributed by atoms with van der Waals surface area (Å²) in [6, 6.07) is 6.13. The van der Waals surface area contributed by atoms with Crippen LogP contribution >= 0.6 is 12.6 Å². The summed E-state index contributed by atoms with van der Waals surface area (Å²) in [6.07, 6.45) is 0. The highest BCUT2D eigenvalue weighted by Crippen LogP contribution is 2.16. The highest BCUT2D eigenvalue weighted by atomic mass is 32.2. The van der Waals surface area contributed by atoms with Gasteiger partial charge in [-0.2, -0.15) is 21.4 Å². The fourth-order valence-electron chi connectivity index (χ4n) is 0.942. The van der Waals surface area contributed by atoms with E-state index in [9.17, 15) is 17.2 Å². The van der Waals surface area contributed by atoms with Crippen molar-refractivity contribution in [3.05, 3.63) is 29.8 Å². The third-order valence-electron chi connectivity index (χ3n) is 1.60. The van der Waals surface area contributed by atoms with E-state index in [4.69, 9.17) is 0 Å². The van der Waals surface area contributed by atoms with Gasteiger partial charge in [0, 0.05) is 11.4 Å². The van der Waals surface area contributed by atoms with Crippen molar-refractivity contribution < 1.29 is 17.2 Å². The van der Waals surface area contributed by atoms with E-state index in [0.717, 1.165) is 5.56 Å². The smallest absolute Gasteiger partial charge is 0.279 e. The van der Waals surface area contributed by atoms with E-state index in [0.29, 0.717) is 5.75 Å². The Labute approximate surface area is 92.0 Å². The Morgan fingerprint density at radius 3 is 2.60 bits per heavy atom. The number of benzene rings is 1. The average molecular weight is 253 g/mol. The fourth-order valence-corrected chi connectivity index (χ4v) is 1.68. The molecular weight excluding hydrogens is 244 g/mol. The SMILES string of the molecule is O=S(=O)(Nc1cccc(CS)c1)C(F)F. The first-order chi connectivity index (χ1) is 6.95. The van der Waals surface area contributed by atoms with Gasteiger partial charge in [-0.1, -0.05) is 12.1 Å². The van der Waals surface area contributed by atoms with E-state index in [1.165, 1.54) is 12.1 Å². The lowest BCUT2D eigenvalue weighted by molar-refractivity contribution is 0.236. The van der Waals surface area contributed by atoms with Gasteiger partial charge in [-0.05, 0) is 17.7 Å². The van der Waals surface area contributed by atoms with Crippen LogP contribution in [0, 0.1) is 0 Å². The van der Waals surface area contributed by atoms with E-state index in [2.05, 4.69) is 12.6 Å². The molecule has 0 saturated heterocycles. The standard InChI is InChI=1S/C8H9F2NO2S2/c9-8(10)15(12,13)11-7-3-1-2-6(4-7)5-14/h1-4,8,11,14H,5H2. The number of anilines is 1. The number of nitrogens with one attached hydrogen (secondary N) is 1. The minimum absolute atomic E-state index is 0.113. The van der Waals surface area contributed by atoms with Gasteiger partial charge in [0.15, 0.2) is 0 Å². The van der Waals surface area contributed by atoms with Crippen molar-refractivity contribution in [2.75, 3.05) is 4.72 Å². The van der Waals surface area contributed by atoms with Gasteiger partial charge in [0.05, 0.1) is 0 Å². The molecule has 0 fully saturated rings. The van der Waals surface area contributed by atoms with Crippen molar-refractivity contribution in [3.63, 3.8) is 0 Å². The monoisotopic (exact) mass is 253 g/mol. The van der Waals surface area contributed by atoms with Crippen molar-refractivity contribution in [1.29, 1.82) is 0 Å². The molecule has 0 aliphatic carbocycles. The molecule has 0 spiro atoms. The van der Waals surface area contributed by atoms with Crippen LogP contribution in [0.1, 0.15) is 5.56 Å². The number of hydrogen-bond donors (Lipinski definition) is 2.